The summed E-state index contributed by atoms with van der Waals surface area (Å²) in [5, 5.41) is 7.12. The number of rotatable bonds is 3. The largest absolute Gasteiger partial charge is 0.312 e. The molecule has 3 aromatic rings. The van der Waals surface area contributed by atoms with Crippen LogP contribution in [0.15, 0.2) is 51.5 Å². The zero-order chi connectivity index (χ0) is 18.4. The fourth-order valence-corrected chi connectivity index (χ4v) is 3.88. The lowest BCUT2D eigenvalue weighted by Crippen LogP contribution is -2.14. The van der Waals surface area contributed by atoms with E-state index in [1.165, 1.54) is 10.6 Å². The van der Waals surface area contributed by atoms with Crippen LogP contribution in [0.4, 0.5) is 4.39 Å². The van der Waals surface area contributed by atoms with Gasteiger partial charge in [0.1, 0.15) is 10.7 Å². The summed E-state index contributed by atoms with van der Waals surface area (Å²) in [5.41, 5.74) is 2.17. The van der Waals surface area contributed by atoms with Crippen molar-refractivity contribution in [3.63, 3.8) is 0 Å². The van der Waals surface area contributed by atoms with E-state index >= 15 is 0 Å². The van der Waals surface area contributed by atoms with Crippen molar-refractivity contribution < 1.29 is 12.8 Å². The number of thiazole rings is 1. The van der Waals surface area contributed by atoms with Crippen LogP contribution in [0.2, 0.25) is 5.02 Å². The van der Waals surface area contributed by atoms with Gasteiger partial charge in [0, 0.05) is 16.0 Å². The summed E-state index contributed by atoms with van der Waals surface area (Å²) < 4.78 is 38.2. The Morgan fingerprint density at radius 1 is 1.20 bits per heavy atom. The Kier molecular flexibility index (Phi) is 4.54. The third-order valence-corrected chi connectivity index (χ3v) is 5.72. The summed E-state index contributed by atoms with van der Waals surface area (Å²) in [5.74, 6) is -0.975. The first-order valence-corrected chi connectivity index (χ1v) is 9.78. The summed E-state index contributed by atoms with van der Waals surface area (Å²) in [6, 6.07) is 8.63. The molecule has 0 atom stereocenters. The maximum absolute atomic E-state index is 14.1. The molecule has 5 nitrogen and oxygen atoms in total. The van der Waals surface area contributed by atoms with Crippen molar-refractivity contribution in [1.82, 2.24) is 4.57 Å². The molecule has 1 aromatic heterocycles. The van der Waals surface area contributed by atoms with Crippen molar-refractivity contribution in [2.24, 2.45) is 5.14 Å². The molecule has 9 heteroatoms. The van der Waals surface area contributed by atoms with Crippen LogP contribution in [-0.2, 0) is 10.0 Å². The van der Waals surface area contributed by atoms with Crippen LogP contribution >= 0.6 is 22.9 Å². The van der Waals surface area contributed by atoms with Crippen LogP contribution in [0.25, 0.3) is 16.9 Å². The molecule has 0 aliphatic carbocycles. The van der Waals surface area contributed by atoms with E-state index in [4.69, 9.17) is 16.7 Å². The molecule has 0 aliphatic rings. The predicted molar refractivity (Wildman–Crippen MR) is 96.4 cm³/mol. The number of sulfonamides is 1. The second-order valence-electron chi connectivity index (χ2n) is 5.35. The highest BCUT2D eigenvalue weighted by molar-refractivity contribution is 7.89. The molecule has 0 unspecified atom stereocenters. The molecule has 0 saturated carbocycles. The van der Waals surface area contributed by atoms with E-state index in [-0.39, 0.29) is 4.87 Å². The lowest BCUT2D eigenvalue weighted by molar-refractivity contribution is 0.568. The minimum Gasteiger partial charge on any atom is -0.267 e. The molecule has 1 heterocycles. The molecule has 0 bridgehead atoms. The zero-order valence-electron chi connectivity index (χ0n) is 12.9. The van der Waals surface area contributed by atoms with Gasteiger partial charge in [-0.3, -0.25) is 9.36 Å². The molecular weight excluding hydrogens is 387 g/mol. The van der Waals surface area contributed by atoms with Crippen LogP contribution < -0.4 is 10.0 Å². The first-order valence-electron chi connectivity index (χ1n) is 6.98. The number of nitrogens with zero attached hydrogens (tertiary/aromatic N) is 1. The van der Waals surface area contributed by atoms with E-state index in [0.29, 0.717) is 22.0 Å². The highest BCUT2D eigenvalue weighted by Gasteiger charge is 2.17. The van der Waals surface area contributed by atoms with Gasteiger partial charge < -0.3 is 0 Å². The Morgan fingerprint density at radius 3 is 2.52 bits per heavy atom. The first kappa shape index (κ1) is 17.8. The van der Waals surface area contributed by atoms with Crippen molar-refractivity contribution in [3.8, 4) is 16.9 Å². The second kappa shape index (κ2) is 6.38. The monoisotopic (exact) mass is 398 g/mol. The second-order valence-corrected chi connectivity index (χ2v) is 8.10. The van der Waals surface area contributed by atoms with Gasteiger partial charge in [0.15, 0.2) is 0 Å². The van der Waals surface area contributed by atoms with Crippen LogP contribution in [0.5, 0.6) is 0 Å². The van der Waals surface area contributed by atoms with Gasteiger partial charge in [-0.05, 0) is 42.8 Å². The maximum Gasteiger partial charge on any atom is 0.312 e. The van der Waals surface area contributed by atoms with E-state index < -0.39 is 20.7 Å². The summed E-state index contributed by atoms with van der Waals surface area (Å²) in [6.07, 6.45) is 0. The van der Waals surface area contributed by atoms with E-state index in [9.17, 15) is 17.6 Å². The average Bonchev–Trinajstić information content (AvgIpc) is 2.90. The Morgan fingerprint density at radius 2 is 1.92 bits per heavy atom. The van der Waals surface area contributed by atoms with Gasteiger partial charge in [0.25, 0.3) is 0 Å². The molecule has 0 aliphatic heterocycles. The van der Waals surface area contributed by atoms with Crippen LogP contribution in [-0.4, -0.2) is 13.0 Å². The van der Waals surface area contributed by atoms with E-state index in [2.05, 4.69) is 0 Å². The number of halogens is 2. The molecular formula is C16H12ClFN2O3S2. The molecule has 130 valence electrons. The van der Waals surface area contributed by atoms with Gasteiger partial charge >= 0.3 is 4.87 Å². The fourth-order valence-electron chi connectivity index (χ4n) is 2.41. The number of hydrogen-bond donors (Lipinski definition) is 1. The van der Waals surface area contributed by atoms with E-state index in [1.54, 1.807) is 23.6 Å². The number of aryl methyl sites for hydroxylation is 1. The van der Waals surface area contributed by atoms with Gasteiger partial charge in [0.2, 0.25) is 10.0 Å². The molecule has 25 heavy (non-hydrogen) atoms. The van der Waals surface area contributed by atoms with Crippen molar-refractivity contribution in [2.75, 3.05) is 0 Å². The minimum atomic E-state index is -4.16. The van der Waals surface area contributed by atoms with Crippen LogP contribution in [0.3, 0.4) is 0 Å². The van der Waals surface area contributed by atoms with Gasteiger partial charge in [0.05, 0.1) is 11.4 Å². The van der Waals surface area contributed by atoms with Gasteiger partial charge in [-0.15, -0.1) is 0 Å². The van der Waals surface area contributed by atoms with E-state index in [0.717, 1.165) is 29.0 Å². The van der Waals surface area contributed by atoms with Gasteiger partial charge in [-0.1, -0.05) is 29.0 Å². The Labute approximate surface area is 152 Å². The predicted octanol–water partition coefficient (Wildman–Crippen LogP) is 3.31. The van der Waals surface area contributed by atoms with Crippen molar-refractivity contribution in [3.05, 3.63) is 67.8 Å². The van der Waals surface area contributed by atoms with Gasteiger partial charge in [-0.25, -0.2) is 17.9 Å². The molecule has 0 radical (unpaired) electrons. The lowest BCUT2D eigenvalue weighted by atomic mass is 10.1. The summed E-state index contributed by atoms with van der Waals surface area (Å²) in [4.78, 5) is 11.4. The number of nitrogens with two attached hydrogens (primary N) is 1. The quantitative estimate of drug-likeness (QED) is 0.734. The van der Waals surface area contributed by atoms with Crippen molar-refractivity contribution >= 4 is 33.0 Å². The highest BCUT2D eigenvalue weighted by atomic mass is 35.5. The molecule has 0 fully saturated rings. The van der Waals surface area contributed by atoms with Crippen LogP contribution in [0.1, 0.15) is 5.56 Å². The summed E-state index contributed by atoms with van der Waals surface area (Å²) >= 11 is 6.97. The molecule has 0 saturated heterocycles. The summed E-state index contributed by atoms with van der Waals surface area (Å²) in [6.45, 7) is 1.81. The number of hydrogen-bond acceptors (Lipinski definition) is 4. The minimum absolute atomic E-state index is 0.257. The zero-order valence-corrected chi connectivity index (χ0v) is 15.3. The standard InChI is InChI=1S/C16H12ClFN2O3S2/c1-9-6-11(3-4-12(9)17)20-14(8-24-16(20)21)10-2-5-15(13(18)7-10)25(19,22)23/h2-8H,1H3,(H2,19,22,23). The molecule has 2 N–H and O–H groups in total. The Bertz CT molecular complexity index is 1140. The van der Waals surface area contributed by atoms with Crippen molar-refractivity contribution in [1.29, 1.82) is 0 Å². The summed E-state index contributed by atoms with van der Waals surface area (Å²) in [7, 11) is -4.16. The number of primary sulfonamides is 1. The molecule has 0 amide bonds. The average molecular weight is 399 g/mol. The maximum atomic E-state index is 14.1. The molecule has 2 aromatic carbocycles. The third-order valence-electron chi connectivity index (χ3n) is 3.63. The van der Waals surface area contributed by atoms with Crippen LogP contribution in [0, 0.1) is 12.7 Å². The number of benzene rings is 2. The Balaban J connectivity index is 2.19. The van der Waals surface area contributed by atoms with Crippen molar-refractivity contribution in [2.45, 2.75) is 11.8 Å². The lowest BCUT2D eigenvalue weighted by Gasteiger charge is -2.10. The molecule has 0 spiro atoms. The normalized spacial score (nSPS) is 11.7. The van der Waals surface area contributed by atoms with E-state index in [1.807, 2.05) is 6.92 Å². The fraction of sp³-hybridized carbons (Fsp3) is 0.0625. The highest BCUT2D eigenvalue weighted by Crippen LogP contribution is 2.27. The topological polar surface area (TPSA) is 82.2 Å². The molecule has 3 rings (SSSR count). The third kappa shape index (κ3) is 3.38. The Hall–Kier alpha value is -2.00. The first-order chi connectivity index (χ1) is 11.7. The number of aromatic nitrogens is 1. The smallest absolute Gasteiger partial charge is 0.267 e. The van der Waals surface area contributed by atoms with Gasteiger partial charge in [-0.2, -0.15) is 0 Å². The SMILES string of the molecule is Cc1cc(-n2c(-c3ccc(S(N)(=O)=O)c(F)c3)csc2=O)ccc1Cl.